The Kier molecular flexibility index (Phi) is 5.28. The second-order valence-corrected chi connectivity index (χ2v) is 7.56. The van der Waals surface area contributed by atoms with Gasteiger partial charge in [0.05, 0.1) is 36.1 Å². The lowest BCUT2D eigenvalue weighted by molar-refractivity contribution is 0.418. The molecule has 10 nitrogen and oxygen atoms in total. The van der Waals surface area contributed by atoms with E-state index in [1.807, 2.05) is 26.0 Å². The van der Waals surface area contributed by atoms with Gasteiger partial charge in [-0.1, -0.05) is 0 Å². The smallest absolute Gasteiger partial charge is 0.300 e. The van der Waals surface area contributed by atoms with Gasteiger partial charge in [0.25, 0.3) is 0 Å². The Bertz CT molecular complexity index is 1250. The normalized spacial score (nSPS) is 14.0. The SMILES string of the molecule is COc1cncc2nc(-c3ccnc(Nc4nc(C)c(C)o4)c3)nc(N3CCNCC3)c12. The van der Waals surface area contributed by atoms with Crippen LogP contribution in [0.2, 0.25) is 0 Å². The molecule has 164 valence electrons. The van der Waals surface area contributed by atoms with Crippen LogP contribution in [-0.4, -0.2) is 58.2 Å². The molecule has 5 rings (SSSR count). The molecule has 0 aliphatic carbocycles. The minimum atomic E-state index is 0.402. The zero-order valence-corrected chi connectivity index (χ0v) is 18.2. The molecule has 0 amide bonds. The van der Waals surface area contributed by atoms with E-state index in [4.69, 9.17) is 19.1 Å². The molecular weight excluding hydrogens is 408 g/mol. The van der Waals surface area contributed by atoms with E-state index in [0.717, 1.165) is 59.9 Å². The van der Waals surface area contributed by atoms with Gasteiger partial charge in [-0.05, 0) is 26.0 Å². The molecule has 1 fully saturated rings. The highest BCUT2D eigenvalue weighted by molar-refractivity contribution is 5.95. The summed E-state index contributed by atoms with van der Waals surface area (Å²) in [6, 6.07) is 4.16. The molecule has 5 heterocycles. The first-order chi connectivity index (χ1) is 15.6. The zero-order chi connectivity index (χ0) is 22.1. The van der Waals surface area contributed by atoms with Gasteiger partial charge in [0.2, 0.25) is 0 Å². The Hall–Kier alpha value is -3.79. The maximum atomic E-state index is 5.62. The van der Waals surface area contributed by atoms with Crippen molar-refractivity contribution in [2.45, 2.75) is 13.8 Å². The molecule has 10 heteroatoms. The van der Waals surface area contributed by atoms with Crippen molar-refractivity contribution >= 4 is 28.6 Å². The lowest BCUT2D eigenvalue weighted by atomic mass is 10.2. The number of nitrogens with one attached hydrogen (secondary N) is 2. The second-order valence-electron chi connectivity index (χ2n) is 7.56. The summed E-state index contributed by atoms with van der Waals surface area (Å²) in [5.41, 5.74) is 2.39. The third-order valence-corrected chi connectivity index (χ3v) is 5.47. The van der Waals surface area contributed by atoms with Crippen LogP contribution < -0.4 is 20.3 Å². The van der Waals surface area contributed by atoms with Crippen molar-refractivity contribution < 1.29 is 9.15 Å². The molecule has 1 saturated heterocycles. The average Bonchev–Trinajstić information content (AvgIpc) is 3.15. The third-order valence-electron chi connectivity index (χ3n) is 5.47. The zero-order valence-electron chi connectivity index (χ0n) is 18.2. The van der Waals surface area contributed by atoms with Gasteiger partial charge >= 0.3 is 6.01 Å². The number of nitrogens with zero attached hydrogens (tertiary/aromatic N) is 6. The van der Waals surface area contributed by atoms with Crippen molar-refractivity contribution in [3.05, 3.63) is 42.2 Å². The van der Waals surface area contributed by atoms with Gasteiger partial charge in [-0.25, -0.2) is 15.0 Å². The number of aryl methyl sites for hydroxylation is 2. The maximum absolute atomic E-state index is 5.62. The number of aromatic nitrogens is 5. The Morgan fingerprint density at radius 1 is 1.12 bits per heavy atom. The van der Waals surface area contributed by atoms with Crippen LogP contribution in [0, 0.1) is 13.8 Å². The number of anilines is 3. The topological polar surface area (TPSA) is 114 Å². The summed E-state index contributed by atoms with van der Waals surface area (Å²) in [6.07, 6.45) is 5.15. The maximum Gasteiger partial charge on any atom is 0.300 e. The number of fused-ring (bicyclic) bond motifs is 1. The van der Waals surface area contributed by atoms with Crippen molar-refractivity contribution in [2.75, 3.05) is 43.5 Å². The van der Waals surface area contributed by atoms with Crippen LogP contribution in [0.4, 0.5) is 17.7 Å². The largest absolute Gasteiger partial charge is 0.494 e. The van der Waals surface area contributed by atoms with Crippen LogP contribution in [0.5, 0.6) is 5.75 Å². The van der Waals surface area contributed by atoms with E-state index in [0.29, 0.717) is 23.4 Å². The van der Waals surface area contributed by atoms with E-state index in [-0.39, 0.29) is 0 Å². The summed E-state index contributed by atoms with van der Waals surface area (Å²) in [5.74, 6) is 3.46. The molecule has 0 radical (unpaired) electrons. The van der Waals surface area contributed by atoms with E-state index >= 15 is 0 Å². The Morgan fingerprint density at radius 3 is 2.72 bits per heavy atom. The molecule has 0 spiro atoms. The fourth-order valence-electron chi connectivity index (χ4n) is 3.70. The van der Waals surface area contributed by atoms with Crippen molar-refractivity contribution in [2.24, 2.45) is 0 Å². The van der Waals surface area contributed by atoms with E-state index in [2.05, 4.69) is 30.5 Å². The number of piperazine rings is 1. The molecule has 4 aromatic heterocycles. The van der Waals surface area contributed by atoms with Gasteiger partial charge in [0.15, 0.2) is 5.82 Å². The third kappa shape index (κ3) is 3.80. The van der Waals surface area contributed by atoms with Gasteiger partial charge < -0.3 is 19.4 Å². The summed E-state index contributed by atoms with van der Waals surface area (Å²) in [4.78, 5) is 25.0. The Morgan fingerprint density at radius 2 is 1.97 bits per heavy atom. The Labute approximate surface area is 185 Å². The van der Waals surface area contributed by atoms with Crippen molar-refractivity contribution in [1.82, 2.24) is 30.2 Å². The number of hydrogen-bond donors (Lipinski definition) is 2. The molecule has 32 heavy (non-hydrogen) atoms. The number of rotatable bonds is 5. The van der Waals surface area contributed by atoms with E-state index < -0.39 is 0 Å². The van der Waals surface area contributed by atoms with Crippen LogP contribution in [0.1, 0.15) is 11.5 Å². The summed E-state index contributed by atoms with van der Waals surface area (Å²) < 4.78 is 11.2. The summed E-state index contributed by atoms with van der Waals surface area (Å²) in [7, 11) is 1.64. The molecule has 1 aliphatic heterocycles. The van der Waals surface area contributed by atoms with Crippen LogP contribution in [0.15, 0.2) is 35.1 Å². The average molecular weight is 432 g/mol. The van der Waals surface area contributed by atoms with Crippen LogP contribution >= 0.6 is 0 Å². The minimum absolute atomic E-state index is 0.402. The minimum Gasteiger partial charge on any atom is -0.494 e. The molecule has 2 N–H and O–H groups in total. The molecule has 0 aromatic carbocycles. The molecule has 1 aliphatic rings. The number of hydrogen-bond acceptors (Lipinski definition) is 10. The first-order valence-electron chi connectivity index (χ1n) is 10.5. The monoisotopic (exact) mass is 432 g/mol. The van der Waals surface area contributed by atoms with Gasteiger partial charge in [-0.3, -0.25) is 10.3 Å². The fourth-order valence-corrected chi connectivity index (χ4v) is 3.70. The van der Waals surface area contributed by atoms with E-state index in [1.165, 1.54) is 0 Å². The van der Waals surface area contributed by atoms with Crippen molar-refractivity contribution in [1.29, 1.82) is 0 Å². The van der Waals surface area contributed by atoms with Crippen molar-refractivity contribution in [3.8, 4) is 17.1 Å². The van der Waals surface area contributed by atoms with Gasteiger partial charge in [-0.2, -0.15) is 4.98 Å². The highest BCUT2D eigenvalue weighted by Gasteiger charge is 2.21. The predicted molar refractivity (Wildman–Crippen MR) is 121 cm³/mol. The lowest BCUT2D eigenvalue weighted by Gasteiger charge is -2.29. The van der Waals surface area contributed by atoms with Gasteiger partial charge in [-0.15, -0.1) is 0 Å². The second kappa shape index (κ2) is 8.39. The van der Waals surface area contributed by atoms with E-state index in [1.54, 1.807) is 25.7 Å². The quantitative estimate of drug-likeness (QED) is 0.488. The number of ether oxygens (including phenoxy) is 1. The first kappa shape index (κ1) is 20.1. The van der Waals surface area contributed by atoms with Gasteiger partial charge in [0.1, 0.15) is 23.1 Å². The number of pyridine rings is 2. The molecule has 0 atom stereocenters. The number of methoxy groups -OCH3 is 1. The number of oxazole rings is 1. The van der Waals surface area contributed by atoms with Gasteiger partial charge in [0, 0.05) is 37.9 Å². The van der Waals surface area contributed by atoms with E-state index in [9.17, 15) is 0 Å². The highest BCUT2D eigenvalue weighted by Crippen LogP contribution is 2.34. The summed E-state index contributed by atoms with van der Waals surface area (Å²) in [6.45, 7) is 7.27. The van der Waals surface area contributed by atoms with Crippen LogP contribution in [0.25, 0.3) is 22.3 Å². The highest BCUT2D eigenvalue weighted by atomic mass is 16.5. The standard InChI is InChI=1S/C22H24N8O2/c1-13-14(2)32-22(26-13)28-18-10-15(4-5-25-18)20-27-16-11-24-12-17(31-3)19(16)21(29-20)30-8-6-23-7-9-30/h4-5,10-12,23H,6-9H2,1-3H3,(H,25,26,28). The van der Waals surface area contributed by atoms with Crippen molar-refractivity contribution in [3.63, 3.8) is 0 Å². The predicted octanol–water partition coefficient (Wildman–Crippen LogP) is 2.85. The van der Waals surface area contributed by atoms with Crippen LogP contribution in [0.3, 0.4) is 0 Å². The molecular formula is C22H24N8O2. The first-order valence-corrected chi connectivity index (χ1v) is 10.5. The molecule has 0 unspecified atom stereocenters. The Balaban J connectivity index is 1.58. The van der Waals surface area contributed by atoms with Crippen LogP contribution in [-0.2, 0) is 0 Å². The molecule has 0 bridgehead atoms. The molecule has 4 aromatic rings. The molecule has 0 saturated carbocycles. The fraction of sp³-hybridized carbons (Fsp3) is 0.318. The lowest BCUT2D eigenvalue weighted by Crippen LogP contribution is -2.44. The summed E-state index contributed by atoms with van der Waals surface area (Å²) >= 11 is 0. The summed E-state index contributed by atoms with van der Waals surface area (Å²) in [5, 5.41) is 7.36.